The van der Waals surface area contributed by atoms with Gasteiger partial charge in [0.15, 0.2) is 5.65 Å². The Morgan fingerprint density at radius 1 is 0.966 bits per heavy atom. The van der Waals surface area contributed by atoms with Gasteiger partial charge in [-0.05, 0) is 31.0 Å². The number of aryl methyl sites for hydroxylation is 3. The van der Waals surface area contributed by atoms with Gasteiger partial charge in [0, 0.05) is 23.2 Å². The molecule has 5 heteroatoms. The topological polar surface area (TPSA) is 63.3 Å². The van der Waals surface area contributed by atoms with Crippen molar-refractivity contribution < 1.29 is 5.21 Å². The van der Waals surface area contributed by atoms with Crippen molar-refractivity contribution in [3.05, 3.63) is 94.4 Å². The Kier molecular flexibility index (Phi) is 5.12. The number of rotatable bonds is 5. The summed E-state index contributed by atoms with van der Waals surface area (Å²) in [4.78, 5) is 9.56. The molecule has 0 saturated carbocycles. The molecule has 4 aromatic rings. The van der Waals surface area contributed by atoms with Crippen LogP contribution in [0.25, 0.3) is 11.2 Å². The van der Waals surface area contributed by atoms with E-state index >= 15 is 0 Å². The molecule has 2 aromatic carbocycles. The van der Waals surface area contributed by atoms with Crippen LogP contribution in [0, 0.1) is 13.8 Å². The van der Waals surface area contributed by atoms with Crippen molar-refractivity contribution in [3.63, 3.8) is 0 Å². The first-order valence-electron chi connectivity index (χ1n) is 9.81. The average molecular weight is 384 g/mol. The largest absolute Gasteiger partial charge is 0.410 e. The van der Waals surface area contributed by atoms with E-state index < -0.39 is 0 Å². The molecule has 2 aromatic heterocycles. The van der Waals surface area contributed by atoms with E-state index in [0.717, 1.165) is 51.4 Å². The minimum Gasteiger partial charge on any atom is -0.410 e. The van der Waals surface area contributed by atoms with E-state index in [1.807, 2.05) is 49.4 Å². The molecule has 0 unspecified atom stereocenters. The Bertz CT molecular complexity index is 1180. The number of fused-ring (bicyclic) bond motifs is 1. The van der Waals surface area contributed by atoms with Crippen molar-refractivity contribution in [2.24, 2.45) is 5.16 Å². The number of aromatic nitrogens is 3. The van der Waals surface area contributed by atoms with Gasteiger partial charge in [-0.15, -0.1) is 0 Å². The number of nitrogens with zero attached hydrogens (tertiary/aromatic N) is 4. The molecule has 29 heavy (non-hydrogen) atoms. The third-order valence-electron chi connectivity index (χ3n) is 5.13. The van der Waals surface area contributed by atoms with E-state index in [-0.39, 0.29) is 0 Å². The molecule has 0 spiro atoms. The molecule has 0 aliphatic carbocycles. The van der Waals surface area contributed by atoms with Crippen molar-refractivity contribution in [1.82, 2.24) is 14.5 Å². The zero-order valence-electron chi connectivity index (χ0n) is 16.9. The number of hydrogen-bond acceptors (Lipinski definition) is 4. The molecule has 146 valence electrons. The summed E-state index contributed by atoms with van der Waals surface area (Å²) < 4.78 is 2.20. The molecule has 0 saturated heterocycles. The number of hydrogen-bond donors (Lipinski definition) is 1. The van der Waals surface area contributed by atoms with Gasteiger partial charge in [0.1, 0.15) is 17.1 Å². The summed E-state index contributed by atoms with van der Waals surface area (Å²) in [7, 11) is 0. The Labute approximate surface area is 170 Å². The quantitative estimate of drug-likeness (QED) is 0.303. The molecule has 4 rings (SSSR count). The molecular weight excluding hydrogens is 360 g/mol. The molecule has 0 amide bonds. The summed E-state index contributed by atoms with van der Waals surface area (Å²) in [6.45, 7) is 6.92. The summed E-state index contributed by atoms with van der Waals surface area (Å²) in [5.41, 5.74) is 7.53. The number of imidazole rings is 1. The second-order valence-corrected chi connectivity index (χ2v) is 7.23. The van der Waals surface area contributed by atoms with Gasteiger partial charge >= 0.3 is 0 Å². The highest BCUT2D eigenvalue weighted by atomic mass is 16.4. The second-order valence-electron chi connectivity index (χ2n) is 7.23. The molecule has 1 N–H and O–H groups in total. The fourth-order valence-corrected chi connectivity index (χ4v) is 3.71. The maximum atomic E-state index is 9.52. The van der Waals surface area contributed by atoms with E-state index in [4.69, 9.17) is 9.97 Å². The first-order valence-corrected chi connectivity index (χ1v) is 9.81. The van der Waals surface area contributed by atoms with Gasteiger partial charge in [-0.2, -0.15) is 0 Å². The molecule has 0 atom stereocenters. The predicted molar refractivity (Wildman–Crippen MR) is 116 cm³/mol. The first-order chi connectivity index (χ1) is 14.1. The van der Waals surface area contributed by atoms with Gasteiger partial charge in [0.05, 0.1) is 6.54 Å². The molecule has 0 fully saturated rings. The molecular formula is C24H24N4O. The molecule has 0 aliphatic heterocycles. The van der Waals surface area contributed by atoms with Gasteiger partial charge in [0.2, 0.25) is 0 Å². The van der Waals surface area contributed by atoms with Crippen LogP contribution in [-0.2, 0) is 13.0 Å². The molecule has 0 aliphatic rings. The van der Waals surface area contributed by atoms with Crippen molar-refractivity contribution in [2.75, 3.05) is 0 Å². The second kappa shape index (κ2) is 7.87. The van der Waals surface area contributed by atoms with Crippen LogP contribution >= 0.6 is 0 Å². The van der Waals surface area contributed by atoms with Crippen molar-refractivity contribution in [1.29, 1.82) is 0 Å². The van der Waals surface area contributed by atoms with Crippen molar-refractivity contribution >= 4 is 16.9 Å². The Hall–Kier alpha value is -3.47. The highest BCUT2D eigenvalue weighted by molar-refractivity contribution is 6.12. The zero-order valence-corrected chi connectivity index (χ0v) is 16.9. The summed E-state index contributed by atoms with van der Waals surface area (Å²) in [5, 5.41) is 13.0. The Balaban J connectivity index is 1.68. The molecule has 0 radical (unpaired) electrons. The standard InChI is InChI=1S/C24H24N4O/c1-4-21-26-22-16(2)14-17(3)25-24(22)28(21)15-18-10-12-20(13-11-18)23(27-29)19-8-6-5-7-9-19/h5-14,29H,4,15H2,1-3H3. The van der Waals surface area contributed by atoms with E-state index in [1.54, 1.807) is 0 Å². The normalized spacial score (nSPS) is 11.9. The van der Waals surface area contributed by atoms with E-state index in [9.17, 15) is 5.21 Å². The fourth-order valence-electron chi connectivity index (χ4n) is 3.71. The van der Waals surface area contributed by atoms with Crippen LogP contribution in [0.15, 0.2) is 65.8 Å². The SMILES string of the molecule is CCc1nc2c(C)cc(C)nc2n1Cc1ccc(C(=NO)c2ccccc2)cc1. The summed E-state index contributed by atoms with van der Waals surface area (Å²) in [5.74, 6) is 1.03. The van der Waals surface area contributed by atoms with Crippen LogP contribution in [-0.4, -0.2) is 25.5 Å². The maximum Gasteiger partial charge on any atom is 0.160 e. The van der Waals surface area contributed by atoms with Crippen LogP contribution < -0.4 is 0 Å². The lowest BCUT2D eigenvalue weighted by atomic mass is 10.0. The van der Waals surface area contributed by atoms with Gasteiger partial charge in [-0.25, -0.2) is 9.97 Å². The molecule has 0 bridgehead atoms. The van der Waals surface area contributed by atoms with Crippen LogP contribution in [0.4, 0.5) is 0 Å². The van der Waals surface area contributed by atoms with Gasteiger partial charge in [0.25, 0.3) is 0 Å². The average Bonchev–Trinajstić information content (AvgIpc) is 3.08. The summed E-state index contributed by atoms with van der Waals surface area (Å²) in [6, 6.07) is 19.9. The third-order valence-corrected chi connectivity index (χ3v) is 5.13. The highest BCUT2D eigenvalue weighted by Crippen LogP contribution is 2.21. The number of pyridine rings is 1. The summed E-state index contributed by atoms with van der Waals surface area (Å²) in [6.07, 6.45) is 0.849. The lowest BCUT2D eigenvalue weighted by molar-refractivity contribution is 0.319. The van der Waals surface area contributed by atoms with Gasteiger partial charge in [-0.1, -0.05) is 66.7 Å². The van der Waals surface area contributed by atoms with Crippen LogP contribution in [0.5, 0.6) is 0 Å². The number of oxime groups is 1. The first kappa shape index (κ1) is 18.9. The zero-order chi connectivity index (χ0) is 20.4. The highest BCUT2D eigenvalue weighted by Gasteiger charge is 2.14. The van der Waals surface area contributed by atoms with E-state index in [0.29, 0.717) is 12.3 Å². The van der Waals surface area contributed by atoms with E-state index in [2.05, 4.69) is 41.8 Å². The summed E-state index contributed by atoms with van der Waals surface area (Å²) >= 11 is 0. The number of benzene rings is 2. The third kappa shape index (κ3) is 3.63. The maximum absolute atomic E-state index is 9.52. The van der Waals surface area contributed by atoms with Crippen molar-refractivity contribution in [2.45, 2.75) is 33.7 Å². The lowest BCUT2D eigenvalue weighted by Gasteiger charge is -2.10. The lowest BCUT2D eigenvalue weighted by Crippen LogP contribution is -2.07. The Morgan fingerprint density at radius 2 is 1.66 bits per heavy atom. The van der Waals surface area contributed by atoms with Crippen molar-refractivity contribution in [3.8, 4) is 0 Å². The monoisotopic (exact) mass is 384 g/mol. The molecule has 2 heterocycles. The van der Waals surface area contributed by atoms with Crippen LogP contribution in [0.3, 0.4) is 0 Å². The predicted octanol–water partition coefficient (Wildman–Crippen LogP) is 4.89. The minimum atomic E-state index is 0.562. The van der Waals surface area contributed by atoms with Crippen LogP contribution in [0.1, 0.15) is 40.7 Å². The fraction of sp³-hybridized carbons (Fsp3) is 0.208. The minimum absolute atomic E-state index is 0.562. The van der Waals surface area contributed by atoms with Gasteiger partial charge < -0.3 is 9.77 Å². The smallest absolute Gasteiger partial charge is 0.160 e. The van der Waals surface area contributed by atoms with Gasteiger partial charge in [-0.3, -0.25) is 0 Å². The Morgan fingerprint density at radius 3 is 2.31 bits per heavy atom. The molecule has 5 nitrogen and oxygen atoms in total. The van der Waals surface area contributed by atoms with E-state index in [1.165, 1.54) is 0 Å². The van der Waals surface area contributed by atoms with Crippen LogP contribution in [0.2, 0.25) is 0 Å².